The van der Waals surface area contributed by atoms with Crippen molar-refractivity contribution in [1.29, 1.82) is 0 Å². The number of hydrogen-bond donors (Lipinski definition) is 0. The topological polar surface area (TPSA) is 62.1 Å². The van der Waals surface area contributed by atoms with Gasteiger partial charge in [0.05, 0.1) is 17.9 Å². The Kier molecular flexibility index (Phi) is 4.99. The minimum atomic E-state index is -4.03. The van der Waals surface area contributed by atoms with Crippen LogP contribution in [0.15, 0.2) is 31.8 Å². The molecule has 0 aromatic heterocycles. The first-order valence-electron chi connectivity index (χ1n) is 5.52. The summed E-state index contributed by atoms with van der Waals surface area (Å²) in [6.45, 7) is -0.886. The first kappa shape index (κ1) is 15.7. The van der Waals surface area contributed by atoms with Gasteiger partial charge >= 0.3 is 0 Å². The molecule has 0 atom stereocenters. The largest absolute Gasteiger partial charge is 0.252 e. The van der Waals surface area contributed by atoms with Crippen molar-refractivity contribution in [2.45, 2.75) is 11.3 Å². The van der Waals surface area contributed by atoms with E-state index < -0.39 is 23.0 Å². The summed E-state index contributed by atoms with van der Waals surface area (Å²) in [6.07, 6.45) is -2.74. The minimum Gasteiger partial charge on any atom is -0.209 e. The fraction of sp³-hybridized carbons (Fsp3) is 0.400. The Morgan fingerprint density at radius 1 is 1.35 bits per heavy atom. The molecular weight excluding hydrogens is 376 g/mol. The highest BCUT2D eigenvalue weighted by Gasteiger charge is 2.30. The lowest BCUT2D eigenvalue weighted by atomic mass is 10.3. The van der Waals surface area contributed by atoms with Gasteiger partial charge in [-0.05, 0) is 12.1 Å². The Morgan fingerprint density at radius 3 is 2.75 bits per heavy atom. The maximum absolute atomic E-state index is 12.6. The van der Waals surface area contributed by atoms with Crippen LogP contribution in [0, 0.1) is 0 Å². The summed E-state index contributed by atoms with van der Waals surface area (Å²) in [7, 11) is -4.03. The van der Waals surface area contributed by atoms with Crippen molar-refractivity contribution in [2.24, 2.45) is 8.73 Å². The smallest absolute Gasteiger partial charge is 0.209 e. The Labute approximate surface area is 127 Å². The molecule has 0 fully saturated rings. The standard InChI is InChI=1S/C10H10BrF2N3O2S2/c11-4-5-16(6-9(12)13)20(17,18)8-3-1-2-7-10(8)15-19-14-7/h1-3,9H,4-6H2. The summed E-state index contributed by atoms with van der Waals surface area (Å²) in [5.74, 6) is 0. The van der Waals surface area contributed by atoms with E-state index in [9.17, 15) is 17.2 Å². The molecule has 0 saturated carbocycles. The zero-order valence-corrected chi connectivity index (χ0v) is 13.3. The number of halogens is 3. The van der Waals surface area contributed by atoms with Gasteiger partial charge in [-0.3, -0.25) is 0 Å². The average Bonchev–Trinajstić information content (AvgIpc) is 2.85. The molecule has 1 aliphatic heterocycles. The van der Waals surface area contributed by atoms with Crippen LogP contribution in [-0.2, 0) is 21.4 Å². The number of fused-ring (bicyclic) bond motifs is 1. The molecule has 20 heavy (non-hydrogen) atoms. The van der Waals surface area contributed by atoms with Gasteiger partial charge in [0, 0.05) is 11.9 Å². The van der Waals surface area contributed by atoms with Gasteiger partial charge in [0.25, 0.3) is 6.43 Å². The molecule has 0 unspecified atom stereocenters. The average molecular weight is 386 g/mol. The Morgan fingerprint density at radius 2 is 2.10 bits per heavy atom. The normalized spacial score (nSPS) is 13.8. The van der Waals surface area contributed by atoms with E-state index >= 15 is 0 Å². The lowest BCUT2D eigenvalue weighted by molar-refractivity contribution is 0.121. The Balaban J connectivity index is 2.44. The molecule has 0 amide bonds. The van der Waals surface area contributed by atoms with Gasteiger partial charge in [-0.1, -0.05) is 22.0 Å². The second-order valence-electron chi connectivity index (χ2n) is 3.83. The van der Waals surface area contributed by atoms with Gasteiger partial charge in [-0.15, -0.1) is 0 Å². The highest BCUT2D eigenvalue weighted by atomic mass is 79.9. The molecule has 1 aromatic rings. The molecule has 5 nitrogen and oxygen atoms in total. The zero-order chi connectivity index (χ0) is 14.8. The van der Waals surface area contributed by atoms with Crippen LogP contribution < -0.4 is 0 Å². The molecule has 1 aliphatic rings. The van der Waals surface area contributed by atoms with Gasteiger partial charge in [0.15, 0.2) is 0 Å². The Bertz CT molecular complexity index is 675. The van der Waals surface area contributed by atoms with Crippen molar-refractivity contribution < 1.29 is 17.2 Å². The van der Waals surface area contributed by atoms with Crippen molar-refractivity contribution >= 4 is 48.7 Å². The van der Waals surface area contributed by atoms with Crippen LogP contribution in [0.3, 0.4) is 0 Å². The van der Waals surface area contributed by atoms with E-state index in [-0.39, 0.29) is 22.5 Å². The molecule has 0 radical (unpaired) electrons. The van der Waals surface area contributed by atoms with Gasteiger partial charge in [0.2, 0.25) is 10.0 Å². The second-order valence-corrected chi connectivity index (χ2v) is 7.06. The quantitative estimate of drug-likeness (QED) is 0.717. The first-order valence-corrected chi connectivity index (χ1v) is 8.81. The van der Waals surface area contributed by atoms with E-state index in [0.717, 1.165) is 15.7 Å². The minimum absolute atomic E-state index is 0.0410. The van der Waals surface area contributed by atoms with Gasteiger partial charge in [0.1, 0.15) is 16.3 Å². The zero-order valence-electron chi connectivity index (χ0n) is 10.0. The lowest BCUT2D eigenvalue weighted by Crippen LogP contribution is -2.36. The Hall–Kier alpha value is -0.710. The highest BCUT2D eigenvalue weighted by molar-refractivity contribution is 9.09. The van der Waals surface area contributed by atoms with E-state index in [2.05, 4.69) is 24.7 Å². The molecule has 0 N–H and O–H groups in total. The molecule has 0 spiro atoms. The maximum atomic E-state index is 12.6. The molecule has 2 rings (SSSR count). The predicted octanol–water partition coefficient (Wildman–Crippen LogP) is 3.06. The number of hydrogen-bond acceptors (Lipinski definition) is 4. The molecule has 0 aliphatic carbocycles. The SMILES string of the molecule is O=S(=O)(c1cccc2c1N=S=N2)N(CCBr)CC(F)F. The molecule has 1 heterocycles. The van der Waals surface area contributed by atoms with E-state index in [4.69, 9.17) is 0 Å². The second kappa shape index (κ2) is 6.37. The third-order valence-corrected chi connectivity index (χ3v) is 5.34. The predicted molar refractivity (Wildman–Crippen MR) is 76.5 cm³/mol. The van der Waals surface area contributed by atoms with Crippen molar-refractivity contribution in [3.05, 3.63) is 18.2 Å². The van der Waals surface area contributed by atoms with Gasteiger partial charge in [-0.25, -0.2) is 17.2 Å². The molecule has 110 valence electrons. The monoisotopic (exact) mass is 385 g/mol. The van der Waals surface area contributed by atoms with Crippen molar-refractivity contribution in [3.63, 3.8) is 0 Å². The van der Waals surface area contributed by atoms with E-state index in [1.165, 1.54) is 12.1 Å². The first-order chi connectivity index (χ1) is 9.46. The van der Waals surface area contributed by atoms with Crippen LogP contribution in [0.2, 0.25) is 0 Å². The van der Waals surface area contributed by atoms with Gasteiger partial charge in [-0.2, -0.15) is 13.0 Å². The third kappa shape index (κ3) is 3.13. The number of nitrogens with zero attached hydrogens (tertiary/aromatic N) is 3. The summed E-state index contributed by atoms with van der Waals surface area (Å²) in [6, 6.07) is 4.50. The van der Waals surface area contributed by atoms with Crippen molar-refractivity contribution in [3.8, 4) is 0 Å². The summed E-state index contributed by atoms with van der Waals surface area (Å²) in [4.78, 5) is -0.0923. The van der Waals surface area contributed by atoms with Gasteiger partial charge < -0.3 is 0 Å². The van der Waals surface area contributed by atoms with Crippen molar-refractivity contribution in [1.82, 2.24) is 4.31 Å². The van der Waals surface area contributed by atoms with Crippen LogP contribution in [-0.4, -0.2) is 37.6 Å². The summed E-state index contributed by atoms with van der Waals surface area (Å²) in [5, 5.41) is 0.268. The summed E-state index contributed by atoms with van der Waals surface area (Å²) in [5.41, 5.74) is 0.651. The molecular formula is C10H10BrF2N3O2S2. The van der Waals surface area contributed by atoms with Crippen LogP contribution in [0.5, 0.6) is 0 Å². The van der Waals surface area contributed by atoms with Crippen LogP contribution in [0.1, 0.15) is 0 Å². The number of rotatable bonds is 6. The number of benzene rings is 1. The fourth-order valence-corrected chi connectivity index (χ4v) is 4.52. The molecule has 1 aromatic carbocycles. The molecule has 0 saturated heterocycles. The maximum Gasteiger partial charge on any atom is 0.252 e. The highest BCUT2D eigenvalue weighted by Crippen LogP contribution is 2.38. The van der Waals surface area contributed by atoms with Crippen LogP contribution in [0.25, 0.3) is 0 Å². The molecule has 10 heteroatoms. The number of sulfonamides is 1. The van der Waals surface area contributed by atoms with E-state index in [0.29, 0.717) is 5.69 Å². The summed E-state index contributed by atoms with van der Waals surface area (Å²) >= 11 is 3.95. The van der Waals surface area contributed by atoms with E-state index in [1.807, 2.05) is 0 Å². The van der Waals surface area contributed by atoms with Crippen molar-refractivity contribution in [2.75, 3.05) is 18.4 Å². The lowest BCUT2D eigenvalue weighted by Gasteiger charge is -2.21. The summed E-state index contributed by atoms with van der Waals surface area (Å²) < 4.78 is 58.7. The number of alkyl halides is 3. The third-order valence-electron chi connectivity index (χ3n) is 2.54. The fourth-order valence-electron chi connectivity index (χ4n) is 1.69. The van der Waals surface area contributed by atoms with E-state index in [1.54, 1.807) is 6.07 Å². The van der Waals surface area contributed by atoms with Crippen LogP contribution in [0.4, 0.5) is 20.2 Å². The molecule has 0 bridgehead atoms. The van der Waals surface area contributed by atoms with Crippen LogP contribution >= 0.6 is 15.9 Å².